The van der Waals surface area contributed by atoms with Crippen LogP contribution in [0.3, 0.4) is 0 Å². The van der Waals surface area contributed by atoms with E-state index in [1.807, 2.05) is 6.92 Å². The molecule has 0 radical (unpaired) electrons. The zero-order chi connectivity index (χ0) is 9.56. The third-order valence-electron chi connectivity index (χ3n) is 1.74. The van der Waals surface area contributed by atoms with Crippen molar-refractivity contribution >= 4 is 5.97 Å². The van der Waals surface area contributed by atoms with Crippen LogP contribution in [0.5, 0.6) is 0 Å². The number of carbonyl (C=O) groups is 1. The van der Waals surface area contributed by atoms with Gasteiger partial charge in [-0.15, -0.1) is 0 Å². The summed E-state index contributed by atoms with van der Waals surface area (Å²) in [5.41, 5.74) is 5.22. The molecule has 4 heteroatoms. The molecule has 2 unspecified atom stereocenters. The van der Waals surface area contributed by atoms with Crippen molar-refractivity contribution in [2.45, 2.75) is 26.4 Å². The van der Waals surface area contributed by atoms with Crippen LogP contribution >= 0.6 is 0 Å². The van der Waals surface area contributed by atoms with Gasteiger partial charge in [0.2, 0.25) is 0 Å². The van der Waals surface area contributed by atoms with Crippen LogP contribution in [0.4, 0.5) is 0 Å². The molecule has 0 aliphatic carbocycles. The van der Waals surface area contributed by atoms with Crippen LogP contribution in [0, 0.1) is 5.92 Å². The number of ether oxygens (including phenoxy) is 1. The minimum absolute atomic E-state index is 0.0946. The van der Waals surface area contributed by atoms with Crippen molar-refractivity contribution in [3.63, 3.8) is 0 Å². The summed E-state index contributed by atoms with van der Waals surface area (Å²) in [7, 11) is 0. The standard InChI is InChI=1S/C8H17NO3/c1-3-6(7(10)5-9)8(11)12-4-2/h6-7,10H,3-5,9H2,1-2H3. The highest BCUT2D eigenvalue weighted by Gasteiger charge is 2.24. The molecule has 0 saturated heterocycles. The molecular formula is C8H17NO3. The molecule has 0 saturated carbocycles. The van der Waals surface area contributed by atoms with Crippen LogP contribution in [0.2, 0.25) is 0 Å². The number of aliphatic hydroxyl groups is 1. The van der Waals surface area contributed by atoms with E-state index in [1.165, 1.54) is 0 Å². The Labute approximate surface area is 72.7 Å². The maximum absolute atomic E-state index is 11.1. The van der Waals surface area contributed by atoms with E-state index >= 15 is 0 Å². The van der Waals surface area contributed by atoms with Gasteiger partial charge in [-0.05, 0) is 13.3 Å². The summed E-state index contributed by atoms with van der Waals surface area (Å²) in [6.45, 7) is 3.99. The van der Waals surface area contributed by atoms with E-state index in [1.54, 1.807) is 6.92 Å². The van der Waals surface area contributed by atoms with E-state index in [4.69, 9.17) is 10.5 Å². The molecule has 0 bridgehead atoms. The molecule has 0 fully saturated rings. The highest BCUT2D eigenvalue weighted by atomic mass is 16.5. The van der Waals surface area contributed by atoms with Gasteiger partial charge in [0.25, 0.3) is 0 Å². The largest absolute Gasteiger partial charge is 0.466 e. The van der Waals surface area contributed by atoms with Crippen molar-refractivity contribution in [1.82, 2.24) is 0 Å². The topological polar surface area (TPSA) is 72.5 Å². The van der Waals surface area contributed by atoms with E-state index < -0.39 is 12.0 Å². The quantitative estimate of drug-likeness (QED) is 0.572. The third-order valence-corrected chi connectivity index (χ3v) is 1.74. The molecule has 0 aromatic rings. The minimum atomic E-state index is -0.783. The fraction of sp³-hybridized carbons (Fsp3) is 0.875. The third kappa shape index (κ3) is 3.19. The molecule has 2 atom stereocenters. The number of carbonyl (C=O) groups excluding carboxylic acids is 1. The molecule has 4 nitrogen and oxygen atoms in total. The van der Waals surface area contributed by atoms with Crippen LogP contribution in [0.1, 0.15) is 20.3 Å². The van der Waals surface area contributed by atoms with Crippen molar-refractivity contribution in [1.29, 1.82) is 0 Å². The Morgan fingerprint density at radius 3 is 2.50 bits per heavy atom. The first-order chi connectivity index (χ1) is 5.67. The number of rotatable bonds is 5. The summed E-state index contributed by atoms with van der Waals surface area (Å²) in [5.74, 6) is -0.840. The number of hydrogen-bond acceptors (Lipinski definition) is 4. The Hall–Kier alpha value is -0.610. The first-order valence-corrected chi connectivity index (χ1v) is 4.22. The first-order valence-electron chi connectivity index (χ1n) is 4.22. The Morgan fingerprint density at radius 1 is 1.58 bits per heavy atom. The summed E-state index contributed by atoms with van der Waals surface area (Å²) in [4.78, 5) is 11.1. The van der Waals surface area contributed by atoms with Crippen molar-refractivity contribution < 1.29 is 14.6 Å². The average molecular weight is 175 g/mol. The summed E-state index contributed by atoms with van der Waals surface area (Å²) in [6.07, 6.45) is -0.231. The SMILES string of the molecule is CCOC(=O)C(CC)C(O)CN. The smallest absolute Gasteiger partial charge is 0.311 e. The summed E-state index contributed by atoms with van der Waals surface area (Å²) in [6, 6.07) is 0. The summed E-state index contributed by atoms with van der Waals surface area (Å²) < 4.78 is 4.76. The summed E-state index contributed by atoms with van der Waals surface area (Å²) in [5, 5.41) is 9.29. The molecule has 0 aliphatic heterocycles. The van der Waals surface area contributed by atoms with Crippen LogP contribution in [0.15, 0.2) is 0 Å². The lowest BCUT2D eigenvalue weighted by Crippen LogP contribution is -2.35. The fourth-order valence-corrected chi connectivity index (χ4v) is 1.01. The van der Waals surface area contributed by atoms with E-state index in [0.29, 0.717) is 13.0 Å². The van der Waals surface area contributed by atoms with Gasteiger partial charge in [0, 0.05) is 6.54 Å². The minimum Gasteiger partial charge on any atom is -0.466 e. The van der Waals surface area contributed by atoms with E-state index in [-0.39, 0.29) is 12.5 Å². The Morgan fingerprint density at radius 2 is 2.17 bits per heavy atom. The lowest BCUT2D eigenvalue weighted by Gasteiger charge is -2.17. The van der Waals surface area contributed by atoms with Crippen molar-refractivity contribution in [3.05, 3.63) is 0 Å². The highest BCUT2D eigenvalue weighted by Crippen LogP contribution is 2.09. The maximum atomic E-state index is 11.1. The van der Waals surface area contributed by atoms with E-state index in [0.717, 1.165) is 0 Å². The van der Waals surface area contributed by atoms with Crippen molar-refractivity contribution in [3.8, 4) is 0 Å². The van der Waals surface area contributed by atoms with E-state index in [9.17, 15) is 9.90 Å². The van der Waals surface area contributed by atoms with Gasteiger partial charge in [-0.3, -0.25) is 4.79 Å². The molecule has 72 valence electrons. The van der Waals surface area contributed by atoms with Gasteiger partial charge in [-0.2, -0.15) is 0 Å². The van der Waals surface area contributed by atoms with Gasteiger partial charge in [-0.25, -0.2) is 0 Å². The molecule has 0 aliphatic rings. The van der Waals surface area contributed by atoms with Crippen LogP contribution in [-0.4, -0.2) is 30.3 Å². The van der Waals surface area contributed by atoms with Crippen LogP contribution in [-0.2, 0) is 9.53 Å². The second-order valence-corrected chi connectivity index (χ2v) is 2.57. The molecule has 12 heavy (non-hydrogen) atoms. The number of nitrogens with two attached hydrogens (primary N) is 1. The Bertz CT molecular complexity index is 138. The van der Waals surface area contributed by atoms with Gasteiger partial charge in [0.15, 0.2) is 0 Å². The van der Waals surface area contributed by atoms with Gasteiger partial charge in [0.05, 0.1) is 18.6 Å². The average Bonchev–Trinajstić information content (AvgIpc) is 2.06. The second-order valence-electron chi connectivity index (χ2n) is 2.57. The highest BCUT2D eigenvalue weighted by molar-refractivity contribution is 5.73. The number of esters is 1. The molecule has 0 aromatic carbocycles. The Kier molecular flexibility index (Phi) is 5.66. The van der Waals surface area contributed by atoms with Gasteiger partial charge >= 0.3 is 5.97 Å². The number of aliphatic hydroxyl groups excluding tert-OH is 1. The number of hydrogen-bond donors (Lipinski definition) is 2. The normalized spacial score (nSPS) is 15.3. The zero-order valence-corrected chi connectivity index (χ0v) is 7.62. The predicted molar refractivity (Wildman–Crippen MR) is 45.5 cm³/mol. The molecule has 3 N–H and O–H groups in total. The predicted octanol–water partition coefficient (Wildman–Crippen LogP) is -0.105. The lowest BCUT2D eigenvalue weighted by molar-refractivity contribution is -0.151. The van der Waals surface area contributed by atoms with E-state index in [2.05, 4.69) is 0 Å². The Balaban J connectivity index is 4.04. The van der Waals surface area contributed by atoms with Gasteiger partial charge in [-0.1, -0.05) is 6.92 Å². The zero-order valence-electron chi connectivity index (χ0n) is 7.62. The molecule has 0 spiro atoms. The fourth-order valence-electron chi connectivity index (χ4n) is 1.01. The lowest BCUT2D eigenvalue weighted by atomic mass is 10.00. The van der Waals surface area contributed by atoms with Crippen molar-refractivity contribution in [2.24, 2.45) is 11.7 Å². The first kappa shape index (κ1) is 11.4. The molecule has 0 rings (SSSR count). The van der Waals surface area contributed by atoms with Gasteiger partial charge in [0.1, 0.15) is 0 Å². The molecular weight excluding hydrogens is 158 g/mol. The molecule has 0 amide bonds. The monoisotopic (exact) mass is 175 g/mol. The molecule has 0 heterocycles. The summed E-state index contributed by atoms with van der Waals surface area (Å²) >= 11 is 0. The van der Waals surface area contributed by atoms with Crippen LogP contribution in [0.25, 0.3) is 0 Å². The molecule has 0 aromatic heterocycles. The van der Waals surface area contributed by atoms with Gasteiger partial charge < -0.3 is 15.6 Å². The maximum Gasteiger partial charge on any atom is 0.311 e. The van der Waals surface area contributed by atoms with Crippen molar-refractivity contribution in [2.75, 3.05) is 13.2 Å². The second kappa shape index (κ2) is 5.97. The van der Waals surface area contributed by atoms with Crippen LogP contribution < -0.4 is 5.73 Å².